The van der Waals surface area contributed by atoms with E-state index in [1.807, 2.05) is 24.3 Å². The lowest BCUT2D eigenvalue weighted by Crippen LogP contribution is -2.47. The molecule has 0 unspecified atom stereocenters. The summed E-state index contributed by atoms with van der Waals surface area (Å²) in [5.74, 6) is -2.24. The quantitative estimate of drug-likeness (QED) is 0.0980. The van der Waals surface area contributed by atoms with Crippen molar-refractivity contribution in [2.75, 3.05) is 16.3 Å². The van der Waals surface area contributed by atoms with Gasteiger partial charge in [-0.3, -0.25) is 30.7 Å². The number of benzene rings is 4. The summed E-state index contributed by atoms with van der Waals surface area (Å²) in [6.07, 6.45) is 3.62. The van der Waals surface area contributed by atoms with Crippen molar-refractivity contribution in [1.82, 2.24) is 0 Å². The number of allylic oxidation sites excluding steroid dienone is 3. The summed E-state index contributed by atoms with van der Waals surface area (Å²) >= 11 is 0. The molecule has 0 amide bonds. The third-order valence-corrected chi connectivity index (χ3v) is 7.27. The van der Waals surface area contributed by atoms with Gasteiger partial charge in [0.15, 0.2) is 11.1 Å². The van der Waals surface area contributed by atoms with E-state index in [0.29, 0.717) is 11.4 Å². The van der Waals surface area contributed by atoms with Gasteiger partial charge in [-0.1, -0.05) is 24.3 Å². The highest BCUT2D eigenvalue weighted by Gasteiger charge is 2.13. The normalized spacial score (nSPS) is 14.7. The second-order valence-electron chi connectivity index (χ2n) is 9.53. The van der Waals surface area contributed by atoms with Gasteiger partial charge in [0, 0.05) is 5.57 Å². The van der Waals surface area contributed by atoms with Crippen molar-refractivity contribution < 1.29 is 27.7 Å². The molecule has 230 valence electrons. The summed E-state index contributed by atoms with van der Waals surface area (Å²) in [6, 6.07) is 21.4. The molecule has 0 saturated heterocycles. The second kappa shape index (κ2) is 13.1. The van der Waals surface area contributed by atoms with Gasteiger partial charge in [-0.2, -0.15) is 15.3 Å². The molecule has 4 aromatic rings. The molecule has 0 aliphatic heterocycles. The standard InChI is InChI=1S/C31H22N6O8S/c38-27-15-11-23(17-25(27)31(41)42)35-32-20-5-1-18(2-6-20)19-3-7-21(8-4-19)33-36-26-14-16-28(39)29(30(26)40)37-34-22-9-12-24(13-10-22)46(43,44)45/h1-17,32-34H,(H,41,42)(H,43,44,45)/p-2. The predicted octanol–water partition coefficient (Wildman–Crippen LogP) is 0.292. The fourth-order valence-electron chi connectivity index (χ4n) is 4.03. The molecule has 0 bridgehead atoms. The number of carboxylic acids is 1. The van der Waals surface area contributed by atoms with E-state index < -0.39 is 48.6 Å². The fourth-order valence-corrected chi connectivity index (χ4v) is 4.50. The van der Waals surface area contributed by atoms with E-state index >= 15 is 0 Å². The molecule has 0 spiro atoms. The number of rotatable bonds is 9. The lowest BCUT2D eigenvalue weighted by atomic mass is 10.0. The maximum Gasteiger partial charge on any atom is 0.237 e. The smallest absolute Gasteiger partial charge is 0.237 e. The van der Waals surface area contributed by atoms with E-state index in [9.17, 15) is 37.3 Å². The third kappa shape index (κ3) is 7.42. The Morgan fingerprint density at radius 2 is 1.17 bits per heavy atom. The SMILES string of the molecule is O=C([O-])C1=CC(=NNc2ccc(-c3ccc(NN=c4ccc(=O)c(=NNc5ccc(S(=O)(=O)[O-])cc5)c4=O)cc3)cc2)C=CC1=O. The molecule has 46 heavy (non-hydrogen) atoms. The van der Waals surface area contributed by atoms with E-state index in [1.165, 1.54) is 24.3 Å². The van der Waals surface area contributed by atoms with Crippen molar-refractivity contribution in [2.24, 2.45) is 15.3 Å². The van der Waals surface area contributed by atoms with E-state index in [0.717, 1.165) is 41.5 Å². The molecular weight excluding hydrogens is 616 g/mol. The number of hydrogen-bond donors (Lipinski definition) is 3. The number of hydrogen-bond acceptors (Lipinski definition) is 14. The van der Waals surface area contributed by atoms with Gasteiger partial charge in [0.1, 0.15) is 15.5 Å². The summed E-state index contributed by atoms with van der Waals surface area (Å²) < 4.78 is 33.2. The summed E-state index contributed by atoms with van der Waals surface area (Å²) in [4.78, 5) is 47.3. The van der Waals surface area contributed by atoms with Crippen LogP contribution in [0.2, 0.25) is 0 Å². The van der Waals surface area contributed by atoms with Crippen molar-refractivity contribution in [1.29, 1.82) is 0 Å². The Balaban J connectivity index is 1.25. The molecule has 3 N–H and O–H groups in total. The number of nitrogens with zero attached hydrogens (tertiary/aromatic N) is 3. The first-order chi connectivity index (χ1) is 22.0. The van der Waals surface area contributed by atoms with Crippen LogP contribution >= 0.6 is 0 Å². The van der Waals surface area contributed by atoms with Gasteiger partial charge >= 0.3 is 0 Å². The summed E-state index contributed by atoms with van der Waals surface area (Å²) in [5, 5.41) is 22.5. The van der Waals surface area contributed by atoms with Crippen molar-refractivity contribution in [3.8, 4) is 11.1 Å². The highest BCUT2D eigenvalue weighted by molar-refractivity contribution is 7.85. The Bertz CT molecular complexity index is 2270. The minimum Gasteiger partial charge on any atom is -0.744 e. The first kappa shape index (κ1) is 31.1. The molecule has 0 heterocycles. The van der Waals surface area contributed by atoms with Crippen molar-refractivity contribution >= 4 is 44.6 Å². The Labute approximate surface area is 259 Å². The van der Waals surface area contributed by atoms with Gasteiger partial charge in [-0.15, -0.1) is 0 Å². The minimum absolute atomic E-state index is 0.0784. The zero-order valence-corrected chi connectivity index (χ0v) is 24.1. The molecule has 1 aliphatic carbocycles. The average molecular weight is 637 g/mol. The predicted molar refractivity (Wildman–Crippen MR) is 164 cm³/mol. The van der Waals surface area contributed by atoms with Crippen LogP contribution in [0.15, 0.2) is 139 Å². The molecule has 0 aromatic heterocycles. The topological polar surface area (TPSA) is 222 Å². The lowest BCUT2D eigenvalue weighted by Gasteiger charge is -2.10. The average Bonchev–Trinajstić information content (AvgIpc) is 3.04. The second-order valence-corrected chi connectivity index (χ2v) is 10.9. The molecular formula is C31H20N6O8S-2. The van der Waals surface area contributed by atoms with Gasteiger partial charge in [-0.25, -0.2) is 8.42 Å². The van der Waals surface area contributed by atoms with Gasteiger partial charge in [0.05, 0.1) is 33.6 Å². The zero-order chi connectivity index (χ0) is 32.8. The number of anilines is 3. The number of carbonyl (C=O) groups excluding carboxylic acids is 2. The van der Waals surface area contributed by atoms with Crippen LogP contribution in [-0.2, 0) is 19.7 Å². The molecule has 0 atom stereocenters. The van der Waals surface area contributed by atoms with Crippen LogP contribution in [0.3, 0.4) is 0 Å². The van der Waals surface area contributed by atoms with Gasteiger partial charge in [0.25, 0.3) is 0 Å². The van der Waals surface area contributed by atoms with E-state index in [4.69, 9.17) is 0 Å². The molecule has 0 radical (unpaired) electrons. The van der Waals surface area contributed by atoms with Crippen LogP contribution < -0.4 is 43.0 Å². The number of carbonyl (C=O) groups is 2. The summed E-state index contributed by atoms with van der Waals surface area (Å²) in [6.45, 7) is 0. The number of nitrogens with one attached hydrogen (secondary N) is 3. The van der Waals surface area contributed by atoms with Crippen LogP contribution in [0, 0.1) is 0 Å². The minimum atomic E-state index is -4.62. The maximum atomic E-state index is 12.8. The Morgan fingerprint density at radius 1 is 0.652 bits per heavy atom. The first-order valence-electron chi connectivity index (χ1n) is 13.2. The van der Waals surface area contributed by atoms with Gasteiger partial charge in [-0.05, 0) is 90.0 Å². The third-order valence-electron chi connectivity index (χ3n) is 6.42. The van der Waals surface area contributed by atoms with Crippen LogP contribution in [0.5, 0.6) is 0 Å². The maximum absolute atomic E-state index is 12.8. The number of aliphatic carboxylic acids is 1. The monoisotopic (exact) mass is 636 g/mol. The van der Waals surface area contributed by atoms with Crippen molar-refractivity contribution in [3.05, 3.63) is 140 Å². The van der Waals surface area contributed by atoms with Crippen LogP contribution in [0.25, 0.3) is 11.1 Å². The van der Waals surface area contributed by atoms with Crippen LogP contribution in [-0.4, -0.2) is 30.4 Å². The highest BCUT2D eigenvalue weighted by Crippen LogP contribution is 2.23. The molecule has 4 aromatic carbocycles. The number of ketones is 1. The van der Waals surface area contributed by atoms with Crippen LogP contribution in [0.4, 0.5) is 17.1 Å². The Kier molecular flexibility index (Phi) is 8.88. The van der Waals surface area contributed by atoms with E-state index in [-0.39, 0.29) is 16.8 Å². The molecule has 0 saturated carbocycles. The molecule has 15 heteroatoms. The van der Waals surface area contributed by atoms with Gasteiger partial charge in [0.2, 0.25) is 10.9 Å². The largest absolute Gasteiger partial charge is 0.744 e. The highest BCUT2D eigenvalue weighted by atomic mass is 32.2. The lowest BCUT2D eigenvalue weighted by molar-refractivity contribution is -0.298. The van der Waals surface area contributed by atoms with E-state index in [2.05, 4.69) is 31.6 Å². The molecule has 5 rings (SSSR count). The Hall–Kier alpha value is -6.32. The van der Waals surface area contributed by atoms with E-state index in [1.54, 1.807) is 24.3 Å². The number of carboxylic acid groups (broad SMARTS) is 1. The van der Waals surface area contributed by atoms with Crippen LogP contribution in [0.1, 0.15) is 0 Å². The first-order valence-corrected chi connectivity index (χ1v) is 14.6. The Morgan fingerprint density at radius 3 is 1.72 bits per heavy atom. The molecule has 14 nitrogen and oxygen atoms in total. The zero-order valence-electron chi connectivity index (χ0n) is 23.3. The fraction of sp³-hybridized carbons (Fsp3) is 0. The molecule has 1 aliphatic rings. The summed E-state index contributed by atoms with van der Waals surface area (Å²) in [5.41, 5.74) is 9.59. The summed E-state index contributed by atoms with van der Waals surface area (Å²) in [7, 11) is -4.62. The van der Waals surface area contributed by atoms with Crippen molar-refractivity contribution in [2.45, 2.75) is 4.90 Å². The number of hydrazone groups is 1. The van der Waals surface area contributed by atoms with Gasteiger partial charge < -0.3 is 14.5 Å². The van der Waals surface area contributed by atoms with Crippen molar-refractivity contribution in [3.63, 3.8) is 0 Å². The molecule has 0 fully saturated rings.